The molecule has 1 aromatic carbocycles. The van der Waals surface area contributed by atoms with E-state index >= 15 is 0 Å². The van der Waals surface area contributed by atoms with Crippen LogP contribution < -0.4 is 5.32 Å². The van der Waals surface area contributed by atoms with Gasteiger partial charge in [-0.25, -0.2) is 17.1 Å². The van der Waals surface area contributed by atoms with Gasteiger partial charge < -0.3 is 10.2 Å². The lowest BCUT2D eigenvalue weighted by Gasteiger charge is -2.21. The fourth-order valence-electron chi connectivity index (χ4n) is 1.78. The van der Waals surface area contributed by atoms with Crippen LogP contribution in [0.2, 0.25) is 5.02 Å². The third-order valence-electron chi connectivity index (χ3n) is 3.06. The van der Waals surface area contributed by atoms with Crippen LogP contribution in [0.5, 0.6) is 0 Å². The van der Waals surface area contributed by atoms with Gasteiger partial charge in [0.25, 0.3) is 0 Å². The van der Waals surface area contributed by atoms with Crippen molar-refractivity contribution in [1.82, 2.24) is 9.21 Å². The predicted molar refractivity (Wildman–Crippen MR) is 89.6 cm³/mol. The van der Waals surface area contributed by atoms with Gasteiger partial charge in [0.2, 0.25) is 15.9 Å². The number of nitrogens with one attached hydrogen (secondary N) is 1. The summed E-state index contributed by atoms with van der Waals surface area (Å²) in [5.74, 6) is -0.942. The summed E-state index contributed by atoms with van der Waals surface area (Å²) in [6.45, 7) is 0.942. The summed E-state index contributed by atoms with van der Waals surface area (Å²) < 4.78 is 37.7. The van der Waals surface area contributed by atoms with Crippen LogP contribution in [0.15, 0.2) is 18.2 Å². The second kappa shape index (κ2) is 8.58. The standard InChI is InChI=1S/C14H21ClFN3O3S/c1-18(2)8-9-19(23(3,21)22)7-6-14(20)17-11-4-5-13(16)12(15)10-11/h4-5,10H,6-9H2,1-3H3,(H,17,20). The van der Waals surface area contributed by atoms with E-state index in [1.165, 1.54) is 16.4 Å². The minimum Gasteiger partial charge on any atom is -0.326 e. The van der Waals surface area contributed by atoms with Crippen molar-refractivity contribution in [1.29, 1.82) is 0 Å². The molecule has 0 aliphatic carbocycles. The van der Waals surface area contributed by atoms with E-state index in [0.29, 0.717) is 18.8 Å². The van der Waals surface area contributed by atoms with E-state index in [9.17, 15) is 17.6 Å². The van der Waals surface area contributed by atoms with Gasteiger partial charge in [0, 0.05) is 31.7 Å². The van der Waals surface area contributed by atoms with Crippen LogP contribution in [0.25, 0.3) is 0 Å². The maximum Gasteiger partial charge on any atom is 0.225 e. The number of rotatable bonds is 8. The second-order valence-corrected chi connectivity index (χ2v) is 7.78. The van der Waals surface area contributed by atoms with Crippen LogP contribution in [0.1, 0.15) is 6.42 Å². The minimum absolute atomic E-state index is 0.00447. The molecular weight excluding hydrogens is 345 g/mol. The Balaban J connectivity index is 2.59. The summed E-state index contributed by atoms with van der Waals surface area (Å²) in [6.07, 6.45) is 1.11. The Bertz CT molecular complexity index is 653. The highest BCUT2D eigenvalue weighted by atomic mass is 35.5. The fraction of sp³-hybridized carbons (Fsp3) is 0.500. The molecule has 1 amide bonds. The maximum atomic E-state index is 13.0. The Hall–Kier alpha value is -1.22. The van der Waals surface area contributed by atoms with Crippen LogP contribution in [0.3, 0.4) is 0 Å². The van der Waals surface area contributed by atoms with Gasteiger partial charge in [0.05, 0.1) is 11.3 Å². The fourth-order valence-corrected chi connectivity index (χ4v) is 2.80. The van der Waals surface area contributed by atoms with Crippen LogP contribution in [-0.2, 0) is 14.8 Å². The van der Waals surface area contributed by atoms with Gasteiger partial charge in [-0.3, -0.25) is 4.79 Å². The number of likely N-dealkylation sites (N-methyl/N-ethyl adjacent to an activating group) is 1. The minimum atomic E-state index is -3.39. The van der Waals surface area contributed by atoms with E-state index in [4.69, 9.17) is 11.6 Å². The number of anilines is 1. The van der Waals surface area contributed by atoms with Crippen LogP contribution in [0, 0.1) is 5.82 Å². The number of halogens is 2. The molecule has 0 saturated carbocycles. The van der Waals surface area contributed by atoms with Crippen molar-refractivity contribution >= 4 is 33.2 Å². The molecule has 0 saturated heterocycles. The van der Waals surface area contributed by atoms with Crippen molar-refractivity contribution < 1.29 is 17.6 Å². The van der Waals surface area contributed by atoms with Gasteiger partial charge in [-0.1, -0.05) is 11.6 Å². The molecule has 130 valence electrons. The van der Waals surface area contributed by atoms with E-state index in [-0.39, 0.29) is 23.9 Å². The molecule has 0 atom stereocenters. The van der Waals surface area contributed by atoms with Crippen molar-refractivity contribution in [3.05, 3.63) is 29.0 Å². The van der Waals surface area contributed by atoms with Gasteiger partial charge in [0.15, 0.2) is 0 Å². The summed E-state index contributed by atoms with van der Waals surface area (Å²) in [4.78, 5) is 13.8. The molecule has 0 heterocycles. The van der Waals surface area contributed by atoms with E-state index in [0.717, 1.165) is 12.3 Å². The Labute approximate surface area is 141 Å². The smallest absolute Gasteiger partial charge is 0.225 e. The zero-order valence-corrected chi connectivity index (χ0v) is 14.9. The SMILES string of the molecule is CN(C)CCN(CCC(=O)Nc1ccc(F)c(Cl)c1)S(C)(=O)=O. The maximum absolute atomic E-state index is 13.0. The first kappa shape index (κ1) is 19.8. The lowest BCUT2D eigenvalue weighted by Crippen LogP contribution is -2.37. The Morgan fingerprint density at radius 2 is 1.91 bits per heavy atom. The van der Waals surface area contributed by atoms with E-state index in [2.05, 4.69) is 5.32 Å². The molecule has 0 fully saturated rings. The van der Waals surface area contributed by atoms with Gasteiger partial charge in [0.1, 0.15) is 5.82 Å². The molecule has 9 heteroatoms. The van der Waals surface area contributed by atoms with Crippen molar-refractivity contribution in [2.75, 3.05) is 45.3 Å². The molecule has 1 aromatic rings. The number of hydrogen-bond donors (Lipinski definition) is 1. The van der Waals surface area contributed by atoms with E-state index in [1.807, 2.05) is 19.0 Å². The number of carbonyl (C=O) groups is 1. The first-order valence-electron chi connectivity index (χ1n) is 6.94. The first-order valence-corrected chi connectivity index (χ1v) is 9.17. The van der Waals surface area contributed by atoms with E-state index in [1.54, 1.807) is 0 Å². The van der Waals surface area contributed by atoms with Crippen molar-refractivity contribution in [2.24, 2.45) is 0 Å². The molecule has 0 unspecified atom stereocenters. The second-order valence-electron chi connectivity index (χ2n) is 5.39. The summed E-state index contributed by atoms with van der Waals surface area (Å²) >= 11 is 5.64. The molecule has 0 bridgehead atoms. The van der Waals surface area contributed by atoms with Gasteiger partial charge in [-0.2, -0.15) is 0 Å². The highest BCUT2D eigenvalue weighted by Gasteiger charge is 2.18. The average Bonchev–Trinajstić information content (AvgIpc) is 2.41. The average molecular weight is 366 g/mol. The van der Waals surface area contributed by atoms with E-state index < -0.39 is 15.8 Å². The predicted octanol–water partition coefficient (Wildman–Crippen LogP) is 1.63. The zero-order valence-electron chi connectivity index (χ0n) is 13.3. The molecule has 0 aromatic heterocycles. The van der Waals surface area contributed by atoms with Crippen LogP contribution in [0.4, 0.5) is 10.1 Å². The van der Waals surface area contributed by atoms with Gasteiger partial charge in [-0.05, 0) is 32.3 Å². The Kier molecular flexibility index (Phi) is 7.40. The van der Waals surface area contributed by atoms with Crippen LogP contribution in [-0.4, -0.2) is 63.5 Å². The number of sulfonamides is 1. The molecule has 1 rings (SSSR count). The number of amides is 1. The van der Waals surface area contributed by atoms with Crippen molar-refractivity contribution in [3.8, 4) is 0 Å². The number of hydrogen-bond acceptors (Lipinski definition) is 4. The van der Waals surface area contributed by atoms with Gasteiger partial charge >= 0.3 is 0 Å². The molecule has 0 aliphatic rings. The Morgan fingerprint density at radius 3 is 2.43 bits per heavy atom. The number of nitrogens with zero attached hydrogens (tertiary/aromatic N) is 2. The van der Waals surface area contributed by atoms with Crippen LogP contribution >= 0.6 is 11.6 Å². The Morgan fingerprint density at radius 1 is 1.26 bits per heavy atom. The largest absolute Gasteiger partial charge is 0.326 e. The first-order chi connectivity index (χ1) is 10.6. The third kappa shape index (κ3) is 7.26. The highest BCUT2D eigenvalue weighted by molar-refractivity contribution is 7.88. The molecule has 6 nitrogen and oxygen atoms in total. The third-order valence-corrected chi connectivity index (χ3v) is 4.65. The molecule has 23 heavy (non-hydrogen) atoms. The summed E-state index contributed by atoms with van der Waals surface area (Å²) in [5, 5.41) is 2.47. The molecule has 0 aliphatic heterocycles. The lowest BCUT2D eigenvalue weighted by molar-refractivity contribution is -0.116. The summed E-state index contributed by atoms with van der Waals surface area (Å²) in [5.41, 5.74) is 0.362. The quantitative estimate of drug-likeness (QED) is 0.760. The number of benzene rings is 1. The summed E-state index contributed by atoms with van der Waals surface area (Å²) in [7, 11) is 0.292. The summed E-state index contributed by atoms with van der Waals surface area (Å²) in [6, 6.07) is 3.84. The highest BCUT2D eigenvalue weighted by Crippen LogP contribution is 2.19. The van der Waals surface area contributed by atoms with Crippen molar-refractivity contribution in [2.45, 2.75) is 6.42 Å². The van der Waals surface area contributed by atoms with Crippen molar-refractivity contribution in [3.63, 3.8) is 0 Å². The lowest BCUT2D eigenvalue weighted by atomic mass is 10.3. The molecule has 0 spiro atoms. The topological polar surface area (TPSA) is 69.7 Å². The molecule has 0 radical (unpaired) electrons. The zero-order chi connectivity index (χ0) is 17.6. The normalized spacial score (nSPS) is 12.0. The monoisotopic (exact) mass is 365 g/mol. The molecular formula is C14H21ClFN3O3S. The number of carbonyl (C=O) groups excluding carboxylic acids is 1. The van der Waals surface area contributed by atoms with Gasteiger partial charge in [-0.15, -0.1) is 0 Å². The molecule has 1 N–H and O–H groups in total.